The first-order valence-corrected chi connectivity index (χ1v) is 6.75. The van der Waals surface area contributed by atoms with Crippen LogP contribution in [0.3, 0.4) is 0 Å². The molecule has 3 nitrogen and oxygen atoms in total. The Bertz CT molecular complexity index is 327. The van der Waals surface area contributed by atoms with Gasteiger partial charge < -0.3 is 9.84 Å². The summed E-state index contributed by atoms with van der Waals surface area (Å²) in [5, 5.41) is 8.74. The molecule has 0 aliphatic carbocycles. The normalized spacial score (nSPS) is 12.3. The lowest BCUT2D eigenvalue weighted by molar-refractivity contribution is -0.136. The second-order valence-electron chi connectivity index (χ2n) is 3.58. The van der Waals surface area contributed by atoms with E-state index in [-0.39, 0.29) is 0 Å². The number of benzene rings is 1. The van der Waals surface area contributed by atoms with Crippen LogP contribution in [0.15, 0.2) is 30.3 Å². The van der Waals surface area contributed by atoms with Crippen LogP contribution >= 0.6 is 11.8 Å². The van der Waals surface area contributed by atoms with Gasteiger partial charge in [0.15, 0.2) is 0 Å². The third-order valence-electron chi connectivity index (χ3n) is 2.29. The fourth-order valence-corrected chi connectivity index (χ4v) is 2.39. The van der Waals surface area contributed by atoms with Crippen LogP contribution in [0, 0.1) is 0 Å². The van der Waals surface area contributed by atoms with E-state index in [1.54, 1.807) is 0 Å². The third kappa shape index (κ3) is 5.75. The number of hydrogen-bond donors (Lipinski definition) is 1. The Labute approximate surface area is 106 Å². The Kier molecular flexibility index (Phi) is 6.74. The lowest BCUT2D eigenvalue weighted by Gasteiger charge is -2.12. The average Bonchev–Trinajstić information content (AvgIpc) is 2.34. The average molecular weight is 254 g/mol. The molecule has 0 bridgehead atoms. The van der Waals surface area contributed by atoms with Crippen LogP contribution in [-0.2, 0) is 16.0 Å². The maximum absolute atomic E-state index is 11.1. The number of ether oxygens (including phenoxy) is 1. The number of carboxylic acids is 1. The van der Waals surface area contributed by atoms with Crippen LogP contribution in [-0.4, -0.2) is 35.3 Å². The Morgan fingerprint density at radius 2 is 2.12 bits per heavy atom. The van der Waals surface area contributed by atoms with E-state index in [2.05, 4.69) is 0 Å². The van der Waals surface area contributed by atoms with Crippen LogP contribution in [0.25, 0.3) is 0 Å². The summed E-state index contributed by atoms with van der Waals surface area (Å²) in [4.78, 5) is 11.1. The minimum atomic E-state index is -0.754. The van der Waals surface area contributed by atoms with E-state index < -0.39 is 11.2 Å². The monoisotopic (exact) mass is 254 g/mol. The molecule has 0 radical (unpaired) electrons. The number of carbonyl (C=O) groups is 1. The summed E-state index contributed by atoms with van der Waals surface area (Å²) in [6.45, 7) is 3.22. The molecule has 1 atom stereocenters. The molecule has 1 aromatic carbocycles. The summed E-state index contributed by atoms with van der Waals surface area (Å²) in [5.41, 5.74) is 1.06. The molecule has 4 heteroatoms. The standard InChI is InChI=1S/C13H18O3S/c1-2-16-8-9-17-12(13(14)15)10-11-6-4-3-5-7-11/h3-7,12H,2,8-10H2,1H3,(H,14,15). The zero-order valence-corrected chi connectivity index (χ0v) is 10.8. The lowest BCUT2D eigenvalue weighted by Crippen LogP contribution is -2.20. The largest absolute Gasteiger partial charge is 0.480 e. The van der Waals surface area contributed by atoms with E-state index in [4.69, 9.17) is 9.84 Å². The molecule has 0 saturated carbocycles. The first-order valence-electron chi connectivity index (χ1n) is 5.70. The minimum Gasteiger partial charge on any atom is -0.480 e. The van der Waals surface area contributed by atoms with E-state index in [0.29, 0.717) is 19.6 Å². The topological polar surface area (TPSA) is 46.5 Å². The van der Waals surface area contributed by atoms with Crippen molar-refractivity contribution in [2.24, 2.45) is 0 Å². The number of aliphatic carboxylic acids is 1. The molecule has 1 N–H and O–H groups in total. The number of hydrogen-bond acceptors (Lipinski definition) is 3. The summed E-state index contributed by atoms with van der Waals surface area (Å²) < 4.78 is 5.20. The van der Waals surface area contributed by atoms with E-state index in [9.17, 15) is 4.79 Å². The van der Waals surface area contributed by atoms with Crippen LogP contribution in [0.2, 0.25) is 0 Å². The van der Waals surface area contributed by atoms with E-state index >= 15 is 0 Å². The predicted octanol–water partition coefficient (Wildman–Crippen LogP) is 2.45. The van der Waals surface area contributed by atoms with Gasteiger partial charge in [0.1, 0.15) is 5.25 Å². The van der Waals surface area contributed by atoms with Gasteiger partial charge in [-0.1, -0.05) is 30.3 Å². The van der Waals surface area contributed by atoms with Crippen molar-refractivity contribution in [3.05, 3.63) is 35.9 Å². The molecule has 0 amide bonds. The SMILES string of the molecule is CCOCCSC(Cc1ccccc1)C(=O)O. The third-order valence-corrected chi connectivity index (χ3v) is 3.46. The first kappa shape index (κ1) is 14.1. The van der Waals surface area contributed by atoms with Crippen molar-refractivity contribution in [1.29, 1.82) is 0 Å². The van der Waals surface area contributed by atoms with E-state index in [1.807, 2.05) is 37.3 Å². The quantitative estimate of drug-likeness (QED) is 0.724. The zero-order valence-electron chi connectivity index (χ0n) is 9.96. The highest BCUT2D eigenvalue weighted by atomic mass is 32.2. The summed E-state index contributed by atoms with van der Waals surface area (Å²) in [6, 6.07) is 9.71. The van der Waals surface area contributed by atoms with Gasteiger partial charge in [-0.15, -0.1) is 11.8 Å². The Hall–Kier alpha value is -1.00. The summed E-state index contributed by atoms with van der Waals surface area (Å²) >= 11 is 1.44. The van der Waals surface area contributed by atoms with Gasteiger partial charge in [-0.2, -0.15) is 0 Å². The van der Waals surface area contributed by atoms with Gasteiger partial charge >= 0.3 is 5.97 Å². The molecule has 17 heavy (non-hydrogen) atoms. The van der Waals surface area contributed by atoms with Gasteiger partial charge in [-0.05, 0) is 18.9 Å². The van der Waals surface area contributed by atoms with Crippen LogP contribution in [0.5, 0.6) is 0 Å². The number of carboxylic acid groups (broad SMARTS) is 1. The molecule has 0 spiro atoms. The fraction of sp³-hybridized carbons (Fsp3) is 0.462. The molecule has 0 aliphatic heterocycles. The molecule has 0 aliphatic rings. The van der Waals surface area contributed by atoms with Gasteiger partial charge in [0.25, 0.3) is 0 Å². The maximum Gasteiger partial charge on any atom is 0.316 e. The van der Waals surface area contributed by atoms with Crippen LogP contribution in [0.1, 0.15) is 12.5 Å². The Morgan fingerprint density at radius 3 is 2.71 bits per heavy atom. The summed E-state index contributed by atoms with van der Waals surface area (Å²) in [7, 11) is 0. The summed E-state index contributed by atoms with van der Waals surface area (Å²) in [6.07, 6.45) is 0.562. The van der Waals surface area contributed by atoms with Gasteiger partial charge in [0, 0.05) is 12.4 Å². The van der Waals surface area contributed by atoms with Crippen molar-refractivity contribution < 1.29 is 14.6 Å². The van der Waals surface area contributed by atoms with Gasteiger partial charge in [0.05, 0.1) is 6.61 Å². The Morgan fingerprint density at radius 1 is 1.41 bits per heavy atom. The van der Waals surface area contributed by atoms with Gasteiger partial charge in [0.2, 0.25) is 0 Å². The smallest absolute Gasteiger partial charge is 0.316 e. The predicted molar refractivity (Wildman–Crippen MR) is 70.5 cm³/mol. The Balaban J connectivity index is 2.41. The molecule has 1 rings (SSSR count). The molecule has 0 aromatic heterocycles. The van der Waals surface area contributed by atoms with Crippen molar-refractivity contribution in [1.82, 2.24) is 0 Å². The second-order valence-corrected chi connectivity index (χ2v) is 4.89. The highest BCUT2D eigenvalue weighted by molar-refractivity contribution is 8.00. The van der Waals surface area contributed by atoms with Gasteiger partial charge in [-0.25, -0.2) is 0 Å². The van der Waals surface area contributed by atoms with Crippen molar-refractivity contribution in [2.45, 2.75) is 18.6 Å². The highest BCUT2D eigenvalue weighted by Gasteiger charge is 2.17. The fourth-order valence-electron chi connectivity index (χ4n) is 1.44. The molecule has 1 unspecified atom stereocenters. The molecule has 0 saturated heterocycles. The first-order chi connectivity index (χ1) is 8.24. The van der Waals surface area contributed by atoms with Crippen LogP contribution < -0.4 is 0 Å². The second kappa shape index (κ2) is 8.14. The van der Waals surface area contributed by atoms with Crippen LogP contribution in [0.4, 0.5) is 0 Å². The maximum atomic E-state index is 11.1. The zero-order chi connectivity index (χ0) is 12.5. The molecule has 1 aromatic rings. The van der Waals surface area contributed by atoms with Crippen molar-refractivity contribution in [3.8, 4) is 0 Å². The molecule has 94 valence electrons. The number of thioether (sulfide) groups is 1. The lowest BCUT2D eigenvalue weighted by atomic mass is 10.1. The van der Waals surface area contributed by atoms with E-state index in [0.717, 1.165) is 11.3 Å². The van der Waals surface area contributed by atoms with Gasteiger partial charge in [-0.3, -0.25) is 4.79 Å². The minimum absolute atomic E-state index is 0.391. The van der Waals surface area contributed by atoms with Crippen molar-refractivity contribution in [3.63, 3.8) is 0 Å². The van der Waals surface area contributed by atoms with Crippen molar-refractivity contribution >= 4 is 17.7 Å². The van der Waals surface area contributed by atoms with Crippen molar-refractivity contribution in [2.75, 3.05) is 19.0 Å². The molecule has 0 heterocycles. The molecule has 0 fully saturated rings. The highest BCUT2D eigenvalue weighted by Crippen LogP contribution is 2.16. The number of rotatable bonds is 8. The summed E-state index contributed by atoms with van der Waals surface area (Å²) in [5.74, 6) is -0.0344. The van der Waals surface area contributed by atoms with E-state index in [1.165, 1.54) is 11.8 Å². The molecular weight excluding hydrogens is 236 g/mol. The molecular formula is C13H18O3S.